The van der Waals surface area contributed by atoms with Gasteiger partial charge >= 0.3 is 0 Å². The first-order valence-corrected chi connectivity index (χ1v) is 13.0. The SMILES string of the molecule is COc1ccc(CC(=O)N=C2S[C@H]3CS(=O)(=O)C[C@H]3N2c2ccc(Br)cc2Cl)cc1. The Morgan fingerprint density at radius 2 is 2.00 bits per heavy atom. The lowest BCUT2D eigenvalue weighted by molar-refractivity contribution is -0.117. The number of carbonyl (C=O) groups is 1. The van der Waals surface area contributed by atoms with Crippen LogP contribution in [0.2, 0.25) is 5.02 Å². The molecular weight excluding hydrogens is 512 g/mol. The van der Waals surface area contributed by atoms with Gasteiger partial charge in [-0.25, -0.2) is 8.42 Å². The fourth-order valence-electron chi connectivity index (χ4n) is 3.59. The van der Waals surface area contributed by atoms with E-state index < -0.39 is 9.84 Å². The number of halogens is 2. The third-order valence-electron chi connectivity index (χ3n) is 4.97. The van der Waals surface area contributed by atoms with Gasteiger partial charge in [0.25, 0.3) is 5.91 Å². The van der Waals surface area contributed by atoms with Crippen LogP contribution in [0.15, 0.2) is 51.9 Å². The summed E-state index contributed by atoms with van der Waals surface area (Å²) in [6.07, 6.45) is 0.142. The summed E-state index contributed by atoms with van der Waals surface area (Å²) in [4.78, 5) is 18.8. The average molecular weight is 530 g/mol. The maximum absolute atomic E-state index is 12.7. The fraction of sp³-hybridized carbons (Fsp3) is 0.300. The Morgan fingerprint density at radius 1 is 1.27 bits per heavy atom. The highest BCUT2D eigenvalue weighted by atomic mass is 79.9. The van der Waals surface area contributed by atoms with Crippen LogP contribution < -0.4 is 9.64 Å². The molecule has 30 heavy (non-hydrogen) atoms. The number of fused-ring (bicyclic) bond motifs is 1. The number of amidine groups is 1. The fourth-order valence-corrected chi connectivity index (χ4v) is 8.28. The number of hydrogen-bond donors (Lipinski definition) is 0. The van der Waals surface area contributed by atoms with Crippen molar-refractivity contribution in [3.8, 4) is 5.75 Å². The summed E-state index contributed by atoms with van der Waals surface area (Å²) in [7, 11) is -1.56. The third-order valence-corrected chi connectivity index (χ3v) is 8.98. The standard InChI is InChI=1S/C20H18BrClN2O4S2/c1-28-14-5-2-12(3-6-14)8-19(25)23-20-24(16-7-4-13(21)9-15(16)22)17-10-30(26,27)11-18(17)29-20/h2-7,9,17-18H,8,10-11H2,1H3/t17-,18+/m1/s1. The van der Waals surface area contributed by atoms with E-state index in [1.165, 1.54) is 11.8 Å². The van der Waals surface area contributed by atoms with Gasteiger partial charge in [0.1, 0.15) is 5.75 Å². The Labute approximate surface area is 192 Å². The van der Waals surface area contributed by atoms with Crippen LogP contribution in [0.3, 0.4) is 0 Å². The lowest BCUT2D eigenvalue weighted by Gasteiger charge is -2.25. The van der Waals surface area contributed by atoms with Crippen LogP contribution >= 0.6 is 39.3 Å². The molecule has 0 bridgehead atoms. The van der Waals surface area contributed by atoms with Gasteiger partial charge in [0, 0.05) is 9.72 Å². The number of methoxy groups -OCH3 is 1. The summed E-state index contributed by atoms with van der Waals surface area (Å²) >= 11 is 11.2. The molecule has 158 valence electrons. The molecule has 0 spiro atoms. The molecule has 2 aliphatic heterocycles. The molecule has 2 atom stereocenters. The van der Waals surface area contributed by atoms with E-state index in [0.29, 0.717) is 21.6 Å². The molecule has 2 saturated heterocycles. The minimum absolute atomic E-state index is 0.0166. The molecule has 2 aromatic carbocycles. The van der Waals surface area contributed by atoms with Crippen molar-refractivity contribution in [2.24, 2.45) is 4.99 Å². The first kappa shape index (κ1) is 21.7. The zero-order valence-corrected chi connectivity index (χ0v) is 19.9. The molecule has 2 aliphatic rings. The number of amides is 1. The van der Waals surface area contributed by atoms with E-state index in [1.807, 2.05) is 24.3 Å². The van der Waals surface area contributed by atoms with E-state index in [1.54, 1.807) is 30.2 Å². The van der Waals surface area contributed by atoms with Crippen molar-refractivity contribution in [2.45, 2.75) is 17.7 Å². The van der Waals surface area contributed by atoms with Crippen molar-refractivity contribution in [3.63, 3.8) is 0 Å². The molecule has 0 radical (unpaired) electrons. The topological polar surface area (TPSA) is 76.0 Å². The van der Waals surface area contributed by atoms with Crippen LogP contribution in [0.4, 0.5) is 5.69 Å². The maximum atomic E-state index is 12.7. The number of rotatable bonds is 4. The number of aliphatic imine (C=N–C) groups is 1. The number of hydrogen-bond acceptors (Lipinski definition) is 5. The lowest BCUT2D eigenvalue weighted by Crippen LogP contribution is -2.38. The molecule has 2 aromatic rings. The molecule has 4 rings (SSSR count). The molecule has 0 N–H and O–H groups in total. The molecule has 0 saturated carbocycles. The summed E-state index contributed by atoms with van der Waals surface area (Å²) in [6, 6.07) is 12.3. The second-order valence-electron chi connectivity index (χ2n) is 7.08. The lowest BCUT2D eigenvalue weighted by atomic mass is 10.1. The van der Waals surface area contributed by atoms with Gasteiger partial charge in [-0.1, -0.05) is 51.4 Å². The number of thioether (sulfide) groups is 1. The average Bonchev–Trinajstić information content (AvgIpc) is 3.13. The second-order valence-corrected chi connectivity index (χ2v) is 11.8. The molecule has 10 heteroatoms. The minimum atomic E-state index is -3.14. The second kappa shape index (κ2) is 8.53. The molecule has 1 amide bonds. The van der Waals surface area contributed by atoms with Crippen LogP contribution in [0.1, 0.15) is 5.56 Å². The van der Waals surface area contributed by atoms with Crippen LogP contribution in [0.5, 0.6) is 5.75 Å². The summed E-state index contributed by atoms with van der Waals surface area (Å²) < 4.78 is 30.3. The predicted molar refractivity (Wildman–Crippen MR) is 125 cm³/mol. The van der Waals surface area contributed by atoms with Crippen molar-refractivity contribution in [1.29, 1.82) is 0 Å². The largest absolute Gasteiger partial charge is 0.497 e. The highest BCUT2D eigenvalue weighted by molar-refractivity contribution is 9.10. The monoisotopic (exact) mass is 528 g/mol. The van der Waals surface area contributed by atoms with Crippen molar-refractivity contribution < 1.29 is 17.9 Å². The maximum Gasteiger partial charge on any atom is 0.252 e. The molecule has 0 unspecified atom stereocenters. The van der Waals surface area contributed by atoms with E-state index in [0.717, 1.165) is 10.0 Å². The van der Waals surface area contributed by atoms with Crippen LogP contribution in [0.25, 0.3) is 0 Å². The van der Waals surface area contributed by atoms with Crippen LogP contribution in [-0.2, 0) is 21.1 Å². The number of benzene rings is 2. The van der Waals surface area contributed by atoms with Crippen molar-refractivity contribution in [1.82, 2.24) is 0 Å². The summed E-state index contributed by atoms with van der Waals surface area (Å²) in [5, 5.41) is 0.773. The van der Waals surface area contributed by atoms with Gasteiger partial charge < -0.3 is 9.64 Å². The van der Waals surface area contributed by atoms with Gasteiger partial charge in [0.05, 0.1) is 41.8 Å². The normalized spacial score (nSPS) is 23.6. The number of carbonyl (C=O) groups excluding carboxylic acids is 1. The van der Waals surface area contributed by atoms with Gasteiger partial charge in [-0.05, 0) is 35.9 Å². The van der Waals surface area contributed by atoms with Gasteiger partial charge in [0.2, 0.25) is 0 Å². The van der Waals surface area contributed by atoms with Crippen molar-refractivity contribution in [2.75, 3.05) is 23.5 Å². The number of sulfone groups is 1. The van der Waals surface area contributed by atoms with Gasteiger partial charge in [0.15, 0.2) is 15.0 Å². The van der Waals surface area contributed by atoms with Crippen molar-refractivity contribution in [3.05, 3.63) is 57.5 Å². The van der Waals surface area contributed by atoms with Crippen LogP contribution in [-0.4, -0.2) is 49.4 Å². The number of ether oxygens (including phenoxy) is 1. The summed E-state index contributed by atoms with van der Waals surface area (Å²) in [5.74, 6) is 0.499. The molecule has 0 aromatic heterocycles. The summed E-state index contributed by atoms with van der Waals surface area (Å²) in [5.41, 5.74) is 1.47. The zero-order valence-electron chi connectivity index (χ0n) is 15.9. The molecule has 2 fully saturated rings. The Hall–Kier alpha value is -1.55. The quantitative estimate of drug-likeness (QED) is 0.597. The Balaban J connectivity index is 1.63. The smallest absolute Gasteiger partial charge is 0.252 e. The highest BCUT2D eigenvalue weighted by Gasteiger charge is 2.49. The van der Waals surface area contributed by atoms with E-state index in [9.17, 15) is 13.2 Å². The van der Waals surface area contributed by atoms with E-state index in [4.69, 9.17) is 16.3 Å². The van der Waals surface area contributed by atoms with Crippen molar-refractivity contribution >= 4 is 65.9 Å². The molecule has 6 nitrogen and oxygen atoms in total. The van der Waals surface area contributed by atoms with Gasteiger partial charge in [-0.2, -0.15) is 4.99 Å². The van der Waals surface area contributed by atoms with Crippen LogP contribution in [0, 0.1) is 0 Å². The highest BCUT2D eigenvalue weighted by Crippen LogP contribution is 2.43. The Morgan fingerprint density at radius 3 is 2.67 bits per heavy atom. The zero-order chi connectivity index (χ0) is 21.5. The molecular formula is C20H18BrClN2O4S2. The number of nitrogens with zero attached hydrogens (tertiary/aromatic N) is 2. The molecule has 0 aliphatic carbocycles. The third kappa shape index (κ3) is 4.54. The minimum Gasteiger partial charge on any atom is -0.497 e. The predicted octanol–water partition coefficient (Wildman–Crippen LogP) is 3.96. The van der Waals surface area contributed by atoms with E-state index in [-0.39, 0.29) is 35.1 Å². The first-order valence-electron chi connectivity index (χ1n) is 9.11. The Bertz CT molecular complexity index is 1120. The first-order chi connectivity index (χ1) is 14.3. The molecule has 2 heterocycles. The van der Waals surface area contributed by atoms with E-state index >= 15 is 0 Å². The number of anilines is 1. The van der Waals surface area contributed by atoms with E-state index in [2.05, 4.69) is 20.9 Å². The van der Waals surface area contributed by atoms with Gasteiger partial charge in [-0.15, -0.1) is 0 Å². The Kier molecular flexibility index (Phi) is 6.16. The van der Waals surface area contributed by atoms with Gasteiger partial charge in [-0.3, -0.25) is 4.79 Å². The summed E-state index contributed by atoms with van der Waals surface area (Å²) in [6.45, 7) is 0.